The van der Waals surface area contributed by atoms with E-state index in [4.69, 9.17) is 10.5 Å². The number of carbonyl (C=O) groups is 2. The average molecular weight is 420 g/mol. The van der Waals surface area contributed by atoms with Gasteiger partial charge in [-0.2, -0.15) is 0 Å². The first kappa shape index (κ1) is 18.7. The normalized spacial score (nSPS) is 14.7. The van der Waals surface area contributed by atoms with Gasteiger partial charge in [-0.1, -0.05) is 48.5 Å². The number of carboxylic acid groups (broad SMARTS) is 1. The van der Waals surface area contributed by atoms with Crippen molar-refractivity contribution in [2.24, 2.45) is 0 Å². The minimum atomic E-state index is -1.01. The van der Waals surface area contributed by atoms with Crippen molar-refractivity contribution in [3.05, 3.63) is 75.7 Å². The second-order valence-electron chi connectivity index (χ2n) is 7.52. The van der Waals surface area contributed by atoms with E-state index in [1.165, 1.54) is 33.6 Å². The number of rotatable bonds is 3. The van der Waals surface area contributed by atoms with Gasteiger partial charge in [0.2, 0.25) is 0 Å². The topological polar surface area (TPSA) is 92.9 Å². The van der Waals surface area contributed by atoms with Crippen LogP contribution >= 0.6 is 11.3 Å². The quantitative estimate of drug-likeness (QED) is 0.658. The van der Waals surface area contributed by atoms with Crippen LogP contribution in [0.25, 0.3) is 11.1 Å². The molecule has 1 amide bonds. The monoisotopic (exact) mass is 420 g/mol. The number of fused-ring (bicyclic) bond motifs is 4. The number of aromatic carboxylic acids is 1. The molecule has 0 unspecified atom stereocenters. The minimum absolute atomic E-state index is 0.0118. The lowest BCUT2D eigenvalue weighted by molar-refractivity contribution is 0.0696. The molecule has 0 atom stereocenters. The van der Waals surface area contributed by atoms with Crippen LogP contribution in [0.3, 0.4) is 0 Å². The standard InChI is InChI=1S/C23H20N2O4S/c24-21-20(22(26)27)17-9-10-25(11-19(17)30-21)23(28)29-12-18-15-7-3-1-5-13(15)14-6-2-4-8-16(14)18/h1-8,18H,9-12,24H2,(H,26,27). The summed E-state index contributed by atoms with van der Waals surface area (Å²) < 4.78 is 5.72. The molecular weight excluding hydrogens is 400 g/mol. The van der Waals surface area contributed by atoms with Crippen molar-refractivity contribution in [2.75, 3.05) is 18.9 Å². The summed E-state index contributed by atoms with van der Waals surface area (Å²) in [6, 6.07) is 16.4. The summed E-state index contributed by atoms with van der Waals surface area (Å²) in [5.74, 6) is -1.00. The van der Waals surface area contributed by atoms with E-state index in [2.05, 4.69) is 24.3 Å². The smallest absolute Gasteiger partial charge is 0.410 e. The van der Waals surface area contributed by atoms with E-state index in [0.29, 0.717) is 24.5 Å². The van der Waals surface area contributed by atoms with Gasteiger partial charge in [0.15, 0.2) is 0 Å². The number of nitrogens with zero attached hydrogens (tertiary/aromatic N) is 1. The van der Waals surface area contributed by atoms with Gasteiger partial charge in [-0.05, 0) is 34.2 Å². The number of hydrogen-bond donors (Lipinski definition) is 2. The van der Waals surface area contributed by atoms with Crippen molar-refractivity contribution < 1.29 is 19.4 Å². The molecule has 1 aliphatic heterocycles. The van der Waals surface area contributed by atoms with Crippen LogP contribution in [0, 0.1) is 0 Å². The fourth-order valence-corrected chi connectivity index (χ4v) is 5.63. The lowest BCUT2D eigenvalue weighted by atomic mass is 9.98. The summed E-state index contributed by atoms with van der Waals surface area (Å²) in [5.41, 5.74) is 11.5. The molecule has 0 fully saturated rings. The van der Waals surface area contributed by atoms with Gasteiger partial charge in [-0.25, -0.2) is 9.59 Å². The van der Waals surface area contributed by atoms with E-state index in [9.17, 15) is 14.7 Å². The van der Waals surface area contributed by atoms with Gasteiger partial charge in [0.25, 0.3) is 0 Å². The molecule has 152 valence electrons. The van der Waals surface area contributed by atoms with E-state index >= 15 is 0 Å². The van der Waals surface area contributed by atoms with Gasteiger partial charge in [-0.3, -0.25) is 0 Å². The van der Waals surface area contributed by atoms with Gasteiger partial charge in [0.05, 0.1) is 12.1 Å². The summed E-state index contributed by atoms with van der Waals surface area (Å²) in [7, 11) is 0. The Morgan fingerprint density at radius 3 is 2.37 bits per heavy atom. The maximum Gasteiger partial charge on any atom is 0.410 e. The Bertz CT molecular complexity index is 1120. The molecule has 0 spiro atoms. The van der Waals surface area contributed by atoms with Crippen LogP contribution in [0.2, 0.25) is 0 Å². The molecule has 2 aliphatic rings. The first-order valence-corrected chi connectivity index (χ1v) is 10.6. The molecule has 2 heterocycles. The SMILES string of the molecule is Nc1sc2c(c1C(=O)O)CCN(C(=O)OCC1c3ccccc3-c3ccccc31)C2. The Morgan fingerprint density at radius 2 is 1.73 bits per heavy atom. The van der Waals surface area contributed by atoms with Gasteiger partial charge in [-0.15, -0.1) is 11.3 Å². The van der Waals surface area contributed by atoms with Crippen molar-refractivity contribution in [3.8, 4) is 11.1 Å². The number of carboxylic acids is 1. The Balaban J connectivity index is 1.32. The first-order valence-electron chi connectivity index (χ1n) is 9.78. The zero-order valence-electron chi connectivity index (χ0n) is 16.1. The number of benzene rings is 2. The zero-order valence-corrected chi connectivity index (χ0v) is 16.9. The maximum absolute atomic E-state index is 12.8. The number of nitrogen functional groups attached to an aromatic ring is 1. The number of amides is 1. The Labute approximate surface area is 177 Å². The predicted octanol–water partition coefficient (Wildman–Crippen LogP) is 4.34. The third-order valence-electron chi connectivity index (χ3n) is 5.89. The second kappa shape index (κ2) is 7.18. The van der Waals surface area contributed by atoms with Crippen molar-refractivity contribution in [1.29, 1.82) is 0 Å². The maximum atomic E-state index is 12.8. The van der Waals surface area contributed by atoms with Crippen LogP contribution in [-0.4, -0.2) is 35.2 Å². The number of carbonyl (C=O) groups excluding carboxylic acids is 1. The van der Waals surface area contributed by atoms with Gasteiger partial charge in [0.1, 0.15) is 11.6 Å². The molecule has 2 aromatic carbocycles. The average Bonchev–Trinajstić information content (AvgIpc) is 3.25. The number of ether oxygens (including phenoxy) is 1. The summed E-state index contributed by atoms with van der Waals surface area (Å²) >= 11 is 1.24. The molecule has 5 rings (SSSR count). The van der Waals surface area contributed by atoms with E-state index < -0.39 is 5.97 Å². The molecule has 0 saturated carbocycles. The predicted molar refractivity (Wildman–Crippen MR) is 115 cm³/mol. The third kappa shape index (κ3) is 2.93. The Kier molecular flexibility index (Phi) is 4.47. The summed E-state index contributed by atoms with van der Waals surface area (Å²) in [5, 5.41) is 9.67. The zero-order chi connectivity index (χ0) is 20.8. The Morgan fingerprint density at radius 1 is 1.10 bits per heavy atom. The second-order valence-corrected chi connectivity index (χ2v) is 8.66. The summed E-state index contributed by atoms with van der Waals surface area (Å²) in [6.45, 7) is 1.01. The van der Waals surface area contributed by atoms with Crippen molar-refractivity contribution in [2.45, 2.75) is 18.9 Å². The van der Waals surface area contributed by atoms with Crippen molar-refractivity contribution in [3.63, 3.8) is 0 Å². The highest BCUT2D eigenvalue weighted by Crippen LogP contribution is 2.44. The van der Waals surface area contributed by atoms with Crippen molar-refractivity contribution in [1.82, 2.24) is 4.90 Å². The largest absolute Gasteiger partial charge is 0.478 e. The number of anilines is 1. The fourth-order valence-electron chi connectivity index (χ4n) is 4.50. The molecule has 1 aliphatic carbocycles. The fraction of sp³-hybridized carbons (Fsp3) is 0.217. The molecule has 3 aromatic rings. The Hall–Kier alpha value is -3.32. The van der Waals surface area contributed by atoms with Crippen LogP contribution in [0.15, 0.2) is 48.5 Å². The lowest BCUT2D eigenvalue weighted by Crippen LogP contribution is -2.36. The van der Waals surface area contributed by atoms with Gasteiger partial charge >= 0.3 is 12.1 Å². The third-order valence-corrected chi connectivity index (χ3v) is 6.94. The summed E-state index contributed by atoms with van der Waals surface area (Å²) in [6.07, 6.45) is 0.0841. The van der Waals surface area contributed by atoms with Crippen LogP contribution in [-0.2, 0) is 17.7 Å². The number of thiophene rings is 1. The molecule has 30 heavy (non-hydrogen) atoms. The van der Waals surface area contributed by atoms with E-state index in [1.54, 1.807) is 4.90 Å². The van der Waals surface area contributed by atoms with Gasteiger partial charge < -0.3 is 20.5 Å². The molecule has 1 aromatic heterocycles. The highest BCUT2D eigenvalue weighted by molar-refractivity contribution is 7.16. The first-order chi connectivity index (χ1) is 14.5. The molecule has 0 bridgehead atoms. The lowest BCUT2D eigenvalue weighted by Gasteiger charge is -2.27. The molecule has 0 radical (unpaired) electrons. The van der Waals surface area contributed by atoms with Crippen LogP contribution in [0.4, 0.5) is 9.80 Å². The van der Waals surface area contributed by atoms with Crippen LogP contribution in [0.1, 0.15) is 37.8 Å². The minimum Gasteiger partial charge on any atom is -0.478 e. The van der Waals surface area contributed by atoms with Crippen LogP contribution < -0.4 is 5.73 Å². The van der Waals surface area contributed by atoms with Gasteiger partial charge in [0, 0.05) is 17.3 Å². The molecule has 0 saturated heterocycles. The van der Waals surface area contributed by atoms with E-state index in [0.717, 1.165) is 10.4 Å². The van der Waals surface area contributed by atoms with Crippen molar-refractivity contribution >= 4 is 28.4 Å². The number of hydrogen-bond acceptors (Lipinski definition) is 5. The van der Waals surface area contributed by atoms with Crippen LogP contribution in [0.5, 0.6) is 0 Å². The van der Waals surface area contributed by atoms with E-state index in [-0.39, 0.29) is 24.2 Å². The van der Waals surface area contributed by atoms with E-state index in [1.807, 2.05) is 24.3 Å². The molecule has 6 nitrogen and oxygen atoms in total. The molecule has 3 N–H and O–H groups in total. The molecular formula is C23H20N2O4S. The highest BCUT2D eigenvalue weighted by atomic mass is 32.1. The summed E-state index contributed by atoms with van der Waals surface area (Å²) in [4.78, 5) is 26.7. The molecule has 7 heteroatoms. The number of nitrogens with two attached hydrogens (primary N) is 1. The highest BCUT2D eigenvalue weighted by Gasteiger charge is 2.32.